The molecule has 108 valence electrons. The number of carbonyl (C=O) groups excluding carboxylic acids is 1. The molecule has 0 atom stereocenters. The Kier molecular flexibility index (Phi) is 4.33. The minimum absolute atomic E-state index is 0.215. The molecule has 0 aliphatic carbocycles. The summed E-state index contributed by atoms with van der Waals surface area (Å²) >= 11 is 4.94. The van der Waals surface area contributed by atoms with Crippen LogP contribution in [0.15, 0.2) is 42.5 Å². The molecule has 2 aromatic carbocycles. The summed E-state index contributed by atoms with van der Waals surface area (Å²) in [6, 6.07) is 11.2. The molecule has 0 saturated carbocycles. The average Bonchev–Trinajstić information content (AvgIpc) is 2.46. The molecular weight excluding hydrogens is 287 g/mol. The molecule has 0 aliphatic rings. The lowest BCUT2D eigenvalue weighted by molar-refractivity contribution is 0.0992. The SMILES string of the molecule is Cc1cc(F)ccc1C(=O)N(C)c1cccc(C(N)=S)c1. The Morgan fingerprint density at radius 2 is 1.95 bits per heavy atom. The van der Waals surface area contributed by atoms with Crippen LogP contribution in [-0.4, -0.2) is 17.9 Å². The van der Waals surface area contributed by atoms with E-state index in [0.717, 1.165) is 0 Å². The molecule has 0 heterocycles. The van der Waals surface area contributed by atoms with Gasteiger partial charge in [0.05, 0.1) is 0 Å². The molecule has 0 spiro atoms. The first-order valence-electron chi connectivity index (χ1n) is 6.34. The largest absolute Gasteiger partial charge is 0.389 e. The van der Waals surface area contributed by atoms with E-state index in [-0.39, 0.29) is 16.7 Å². The highest BCUT2D eigenvalue weighted by molar-refractivity contribution is 7.80. The third-order valence-corrected chi connectivity index (χ3v) is 3.48. The summed E-state index contributed by atoms with van der Waals surface area (Å²) in [7, 11) is 1.66. The Bertz CT molecular complexity index is 715. The molecule has 21 heavy (non-hydrogen) atoms. The third-order valence-electron chi connectivity index (χ3n) is 3.24. The number of rotatable bonds is 3. The number of benzene rings is 2. The van der Waals surface area contributed by atoms with E-state index in [9.17, 15) is 9.18 Å². The van der Waals surface area contributed by atoms with Crippen molar-refractivity contribution in [1.29, 1.82) is 0 Å². The van der Waals surface area contributed by atoms with Crippen molar-refractivity contribution in [2.75, 3.05) is 11.9 Å². The molecule has 0 aliphatic heterocycles. The van der Waals surface area contributed by atoms with Crippen LogP contribution in [0.1, 0.15) is 21.5 Å². The number of carbonyl (C=O) groups is 1. The summed E-state index contributed by atoms with van der Waals surface area (Å²) in [5, 5.41) is 0. The second kappa shape index (κ2) is 6.01. The second-order valence-electron chi connectivity index (χ2n) is 4.74. The Balaban J connectivity index is 2.35. The number of hydrogen-bond acceptors (Lipinski definition) is 2. The van der Waals surface area contributed by atoms with E-state index in [1.54, 1.807) is 38.2 Å². The monoisotopic (exact) mass is 302 g/mol. The van der Waals surface area contributed by atoms with Crippen LogP contribution in [0, 0.1) is 12.7 Å². The van der Waals surface area contributed by atoms with Crippen molar-refractivity contribution in [3.8, 4) is 0 Å². The van der Waals surface area contributed by atoms with Crippen molar-refractivity contribution in [2.24, 2.45) is 5.73 Å². The Morgan fingerprint density at radius 3 is 2.57 bits per heavy atom. The van der Waals surface area contributed by atoms with Gasteiger partial charge >= 0.3 is 0 Å². The van der Waals surface area contributed by atoms with Crippen LogP contribution in [0.3, 0.4) is 0 Å². The number of thiocarbonyl (C=S) groups is 1. The maximum atomic E-state index is 13.1. The van der Waals surface area contributed by atoms with E-state index in [1.165, 1.54) is 23.1 Å². The quantitative estimate of drug-likeness (QED) is 0.886. The van der Waals surface area contributed by atoms with Crippen molar-refractivity contribution in [3.05, 3.63) is 65.0 Å². The van der Waals surface area contributed by atoms with E-state index in [2.05, 4.69) is 0 Å². The van der Waals surface area contributed by atoms with Gasteiger partial charge in [-0.25, -0.2) is 4.39 Å². The molecule has 1 amide bonds. The first-order valence-corrected chi connectivity index (χ1v) is 6.75. The van der Waals surface area contributed by atoms with Gasteiger partial charge in [-0.15, -0.1) is 0 Å². The Labute approximate surface area is 128 Å². The lowest BCUT2D eigenvalue weighted by Crippen LogP contribution is -2.27. The van der Waals surface area contributed by atoms with Crippen molar-refractivity contribution in [2.45, 2.75) is 6.92 Å². The van der Waals surface area contributed by atoms with E-state index < -0.39 is 0 Å². The maximum absolute atomic E-state index is 13.1. The maximum Gasteiger partial charge on any atom is 0.258 e. The van der Waals surface area contributed by atoms with Crippen LogP contribution < -0.4 is 10.6 Å². The average molecular weight is 302 g/mol. The van der Waals surface area contributed by atoms with Crippen LogP contribution in [-0.2, 0) is 0 Å². The predicted octanol–water partition coefficient (Wildman–Crippen LogP) is 3.04. The second-order valence-corrected chi connectivity index (χ2v) is 5.18. The zero-order chi connectivity index (χ0) is 15.6. The van der Waals surface area contributed by atoms with E-state index in [4.69, 9.17) is 18.0 Å². The molecule has 2 rings (SSSR count). The standard InChI is InChI=1S/C16H15FN2OS/c1-10-8-12(17)6-7-14(10)16(20)19(2)13-5-3-4-11(9-13)15(18)21/h3-9H,1-2H3,(H2,18,21). The molecule has 0 fully saturated rings. The smallest absolute Gasteiger partial charge is 0.258 e. The van der Waals surface area contributed by atoms with Gasteiger partial charge in [0.25, 0.3) is 5.91 Å². The molecule has 0 aromatic heterocycles. The first kappa shape index (κ1) is 15.1. The molecule has 0 unspecified atom stereocenters. The fourth-order valence-corrected chi connectivity index (χ4v) is 2.16. The number of aryl methyl sites for hydroxylation is 1. The normalized spacial score (nSPS) is 10.2. The number of nitrogens with two attached hydrogens (primary N) is 1. The summed E-state index contributed by atoms with van der Waals surface area (Å²) in [5.74, 6) is -0.574. The first-order chi connectivity index (χ1) is 9.90. The zero-order valence-electron chi connectivity index (χ0n) is 11.8. The van der Waals surface area contributed by atoms with Crippen LogP contribution in [0.5, 0.6) is 0 Å². The van der Waals surface area contributed by atoms with Gasteiger partial charge in [0.1, 0.15) is 10.8 Å². The summed E-state index contributed by atoms with van der Waals surface area (Å²) < 4.78 is 13.1. The van der Waals surface area contributed by atoms with E-state index >= 15 is 0 Å². The minimum atomic E-state index is -0.359. The number of halogens is 1. The highest BCUT2D eigenvalue weighted by Crippen LogP contribution is 2.19. The van der Waals surface area contributed by atoms with Gasteiger partial charge in [0.2, 0.25) is 0 Å². The zero-order valence-corrected chi connectivity index (χ0v) is 12.6. The van der Waals surface area contributed by atoms with Gasteiger partial charge in [-0.3, -0.25) is 4.79 Å². The summed E-state index contributed by atoms with van der Waals surface area (Å²) in [4.78, 5) is 14.3. The molecule has 2 N–H and O–H groups in total. The Morgan fingerprint density at radius 1 is 1.24 bits per heavy atom. The highest BCUT2D eigenvalue weighted by Gasteiger charge is 2.16. The van der Waals surface area contributed by atoms with Crippen LogP contribution in [0.25, 0.3) is 0 Å². The van der Waals surface area contributed by atoms with E-state index in [0.29, 0.717) is 22.4 Å². The molecular formula is C16H15FN2OS. The van der Waals surface area contributed by atoms with Gasteiger partial charge in [-0.1, -0.05) is 24.4 Å². The minimum Gasteiger partial charge on any atom is -0.389 e. The highest BCUT2D eigenvalue weighted by atomic mass is 32.1. The molecule has 0 radical (unpaired) electrons. The van der Waals surface area contributed by atoms with Gasteiger partial charge in [0.15, 0.2) is 0 Å². The topological polar surface area (TPSA) is 46.3 Å². The third kappa shape index (κ3) is 3.25. The number of anilines is 1. The van der Waals surface area contributed by atoms with Crippen LogP contribution in [0.2, 0.25) is 0 Å². The molecule has 2 aromatic rings. The lowest BCUT2D eigenvalue weighted by Gasteiger charge is -2.19. The number of hydrogen-bond donors (Lipinski definition) is 1. The van der Waals surface area contributed by atoms with Crippen molar-refractivity contribution in [3.63, 3.8) is 0 Å². The Hall–Kier alpha value is -2.27. The fourth-order valence-electron chi connectivity index (χ4n) is 2.03. The predicted molar refractivity (Wildman–Crippen MR) is 86.2 cm³/mol. The van der Waals surface area contributed by atoms with Crippen LogP contribution >= 0.6 is 12.2 Å². The van der Waals surface area contributed by atoms with Gasteiger partial charge in [0, 0.05) is 23.9 Å². The molecule has 0 saturated heterocycles. The summed E-state index contributed by atoms with van der Waals surface area (Å²) in [6.45, 7) is 1.70. The van der Waals surface area contributed by atoms with Crippen molar-refractivity contribution < 1.29 is 9.18 Å². The summed E-state index contributed by atoms with van der Waals surface area (Å²) in [5.41, 5.74) is 8.02. The van der Waals surface area contributed by atoms with Gasteiger partial charge in [-0.05, 0) is 42.8 Å². The van der Waals surface area contributed by atoms with Crippen LogP contribution in [0.4, 0.5) is 10.1 Å². The molecule has 5 heteroatoms. The fraction of sp³-hybridized carbons (Fsp3) is 0.125. The van der Waals surface area contributed by atoms with Crippen molar-refractivity contribution >= 4 is 28.8 Å². The molecule has 0 bridgehead atoms. The van der Waals surface area contributed by atoms with E-state index in [1.807, 2.05) is 0 Å². The summed E-state index contributed by atoms with van der Waals surface area (Å²) in [6.07, 6.45) is 0. The number of amides is 1. The molecule has 3 nitrogen and oxygen atoms in total. The lowest BCUT2D eigenvalue weighted by atomic mass is 10.1. The van der Waals surface area contributed by atoms with Gasteiger partial charge in [-0.2, -0.15) is 0 Å². The van der Waals surface area contributed by atoms with Gasteiger partial charge < -0.3 is 10.6 Å². The number of nitrogens with zero attached hydrogens (tertiary/aromatic N) is 1. The van der Waals surface area contributed by atoms with Crippen molar-refractivity contribution in [1.82, 2.24) is 0 Å².